The first-order valence-corrected chi connectivity index (χ1v) is 14.5. The molecule has 224 valence electrons. The third-order valence-electron chi connectivity index (χ3n) is 8.22. The minimum atomic E-state index is -1.73. The second-order valence-corrected chi connectivity index (χ2v) is 10.9. The minimum Gasteiger partial charge on any atom is -0.247 e. The summed E-state index contributed by atoms with van der Waals surface area (Å²) in [6.45, 7) is 0. The summed E-state index contributed by atoms with van der Waals surface area (Å²) in [5.41, 5.74) is 3.85. The molecule has 5 nitrogen and oxygen atoms in total. The van der Waals surface area contributed by atoms with Gasteiger partial charge in [0.05, 0.1) is 22.5 Å². The van der Waals surface area contributed by atoms with Crippen LogP contribution in [-0.4, -0.2) is 20.0 Å². The molecule has 0 N–H and O–H groups in total. The van der Waals surface area contributed by atoms with Crippen molar-refractivity contribution in [1.82, 2.24) is 20.0 Å². The van der Waals surface area contributed by atoms with Gasteiger partial charge < -0.3 is 0 Å². The van der Waals surface area contributed by atoms with Crippen LogP contribution < -0.4 is 0 Å². The SMILES string of the molecule is N#Cc1c(F)c(F)c(-c2ccc(-c3ccc4c(c3)nc(-c3ccccc3)c3ccc5nn(-c6ccccc6)nc5c34)cc2)c(F)c1F. The van der Waals surface area contributed by atoms with Crippen LogP contribution in [0.5, 0.6) is 0 Å². The van der Waals surface area contributed by atoms with E-state index in [-0.39, 0.29) is 5.56 Å². The second-order valence-electron chi connectivity index (χ2n) is 10.9. The number of benzene rings is 6. The van der Waals surface area contributed by atoms with Crippen LogP contribution >= 0.6 is 0 Å². The zero-order valence-corrected chi connectivity index (χ0v) is 24.2. The molecule has 9 heteroatoms. The quantitative estimate of drug-likeness (QED) is 0.112. The Balaban J connectivity index is 1.30. The van der Waals surface area contributed by atoms with Crippen LogP contribution in [0.2, 0.25) is 0 Å². The predicted molar refractivity (Wildman–Crippen MR) is 173 cm³/mol. The third-order valence-corrected chi connectivity index (χ3v) is 8.22. The van der Waals surface area contributed by atoms with E-state index in [0.29, 0.717) is 11.1 Å². The average molecular weight is 622 g/mol. The van der Waals surface area contributed by atoms with Gasteiger partial charge in [-0.05, 0) is 47.0 Å². The summed E-state index contributed by atoms with van der Waals surface area (Å²) in [5, 5.41) is 21.2. The van der Waals surface area contributed by atoms with Gasteiger partial charge in [-0.2, -0.15) is 10.1 Å². The second kappa shape index (κ2) is 10.9. The topological polar surface area (TPSA) is 67.4 Å². The number of halogens is 4. The molecule has 0 spiro atoms. The van der Waals surface area contributed by atoms with Crippen molar-refractivity contribution in [3.05, 3.63) is 144 Å². The monoisotopic (exact) mass is 621 g/mol. The first-order chi connectivity index (χ1) is 22.9. The van der Waals surface area contributed by atoms with Gasteiger partial charge in [0.25, 0.3) is 0 Å². The summed E-state index contributed by atoms with van der Waals surface area (Å²) in [6.07, 6.45) is 0. The molecule has 0 atom stereocenters. The van der Waals surface area contributed by atoms with E-state index >= 15 is 0 Å². The molecule has 8 aromatic rings. The molecule has 0 radical (unpaired) electrons. The van der Waals surface area contributed by atoms with Crippen molar-refractivity contribution in [2.45, 2.75) is 0 Å². The van der Waals surface area contributed by atoms with Gasteiger partial charge in [0, 0.05) is 21.7 Å². The molecule has 2 aromatic heterocycles. The van der Waals surface area contributed by atoms with Crippen LogP contribution in [0.4, 0.5) is 17.6 Å². The standard InChI is InChI=1S/C38H19F4N5/c39-33-28(20-43)34(40)36(42)31(35(33)41)22-13-11-21(12-14-22)24-15-16-26-30(19-24)44-37(23-7-3-1-4-8-23)27-17-18-29-38(32(26)27)46-47(45-29)25-9-5-2-6-10-25/h1-19H. The molecule has 6 aromatic carbocycles. The Morgan fingerprint density at radius 3 is 1.85 bits per heavy atom. The lowest BCUT2D eigenvalue weighted by molar-refractivity contribution is 0.454. The first kappa shape index (κ1) is 28.1. The van der Waals surface area contributed by atoms with Crippen molar-refractivity contribution in [2.24, 2.45) is 0 Å². The van der Waals surface area contributed by atoms with E-state index in [9.17, 15) is 17.6 Å². The largest absolute Gasteiger partial charge is 0.247 e. The fourth-order valence-corrected chi connectivity index (χ4v) is 5.95. The highest BCUT2D eigenvalue weighted by Gasteiger charge is 2.26. The Kier molecular flexibility index (Phi) is 6.51. The number of nitriles is 1. The van der Waals surface area contributed by atoms with Crippen LogP contribution in [0.15, 0.2) is 115 Å². The fourth-order valence-electron chi connectivity index (χ4n) is 5.95. The van der Waals surface area contributed by atoms with Gasteiger partial charge in [0.2, 0.25) is 0 Å². The highest BCUT2D eigenvalue weighted by Crippen LogP contribution is 2.38. The maximum absolute atomic E-state index is 14.7. The lowest BCUT2D eigenvalue weighted by atomic mass is 9.95. The fraction of sp³-hybridized carbons (Fsp3) is 0. The molecule has 0 saturated carbocycles. The molecule has 0 bridgehead atoms. The van der Waals surface area contributed by atoms with Crippen LogP contribution in [0, 0.1) is 34.6 Å². The Labute approximate surface area is 264 Å². The molecule has 0 fully saturated rings. The lowest BCUT2D eigenvalue weighted by Crippen LogP contribution is -2.03. The molecule has 0 aliphatic heterocycles. The molecule has 0 saturated heterocycles. The maximum Gasteiger partial charge on any atom is 0.180 e. The van der Waals surface area contributed by atoms with E-state index in [4.69, 9.17) is 20.4 Å². The maximum atomic E-state index is 14.7. The predicted octanol–water partition coefficient (Wildman–Crippen LogP) is 9.55. The molecular weight excluding hydrogens is 602 g/mol. The Morgan fingerprint density at radius 1 is 0.553 bits per heavy atom. The summed E-state index contributed by atoms with van der Waals surface area (Å²) in [6, 6.07) is 36.3. The van der Waals surface area contributed by atoms with E-state index in [1.165, 1.54) is 18.2 Å². The Hall–Kier alpha value is -6.40. The number of fused-ring (bicyclic) bond motifs is 5. The van der Waals surface area contributed by atoms with Gasteiger partial charge >= 0.3 is 0 Å². The van der Waals surface area contributed by atoms with Gasteiger partial charge in [-0.3, -0.25) is 0 Å². The smallest absolute Gasteiger partial charge is 0.180 e. The van der Waals surface area contributed by atoms with E-state index in [1.54, 1.807) is 16.9 Å². The summed E-state index contributed by atoms with van der Waals surface area (Å²) >= 11 is 0. The van der Waals surface area contributed by atoms with Crippen LogP contribution in [-0.2, 0) is 0 Å². The number of pyridine rings is 1. The van der Waals surface area contributed by atoms with Crippen molar-refractivity contribution < 1.29 is 17.6 Å². The van der Waals surface area contributed by atoms with Crippen LogP contribution in [0.3, 0.4) is 0 Å². The summed E-state index contributed by atoms with van der Waals surface area (Å²) in [4.78, 5) is 6.71. The highest BCUT2D eigenvalue weighted by molar-refractivity contribution is 6.21. The number of rotatable bonds is 4. The van der Waals surface area contributed by atoms with E-state index in [2.05, 4.69) is 0 Å². The van der Waals surface area contributed by atoms with Crippen molar-refractivity contribution in [1.29, 1.82) is 5.26 Å². The number of aromatic nitrogens is 4. The number of hydrogen-bond acceptors (Lipinski definition) is 4. The van der Waals surface area contributed by atoms with Gasteiger partial charge in [-0.1, -0.05) is 84.9 Å². The van der Waals surface area contributed by atoms with Crippen molar-refractivity contribution in [3.8, 4) is 45.3 Å². The summed E-state index contributed by atoms with van der Waals surface area (Å²) < 4.78 is 58.1. The van der Waals surface area contributed by atoms with E-state index < -0.39 is 34.4 Å². The van der Waals surface area contributed by atoms with Gasteiger partial charge in [-0.25, -0.2) is 22.5 Å². The van der Waals surface area contributed by atoms with Crippen LogP contribution in [0.1, 0.15) is 5.56 Å². The van der Waals surface area contributed by atoms with Crippen LogP contribution in [0.25, 0.3) is 71.9 Å². The van der Waals surface area contributed by atoms with Gasteiger partial charge in [0.1, 0.15) is 22.7 Å². The molecule has 0 amide bonds. The van der Waals surface area contributed by atoms with Crippen molar-refractivity contribution in [3.63, 3.8) is 0 Å². The first-order valence-electron chi connectivity index (χ1n) is 14.5. The number of hydrogen-bond donors (Lipinski definition) is 0. The Morgan fingerprint density at radius 2 is 1.17 bits per heavy atom. The van der Waals surface area contributed by atoms with Crippen molar-refractivity contribution >= 4 is 32.7 Å². The third kappa shape index (κ3) is 4.50. The average Bonchev–Trinajstić information content (AvgIpc) is 3.56. The molecule has 0 aliphatic carbocycles. The Bertz CT molecular complexity index is 2530. The zero-order chi connectivity index (χ0) is 32.2. The van der Waals surface area contributed by atoms with Gasteiger partial charge in [0.15, 0.2) is 23.3 Å². The molecule has 2 heterocycles. The zero-order valence-electron chi connectivity index (χ0n) is 24.2. The highest BCUT2D eigenvalue weighted by atomic mass is 19.2. The molecule has 47 heavy (non-hydrogen) atoms. The van der Waals surface area contributed by atoms with Crippen molar-refractivity contribution in [2.75, 3.05) is 0 Å². The molecule has 0 unspecified atom stereocenters. The molecule has 8 rings (SSSR count). The van der Waals surface area contributed by atoms with E-state index in [0.717, 1.165) is 49.7 Å². The van der Waals surface area contributed by atoms with E-state index in [1.807, 2.05) is 91.0 Å². The number of nitrogens with zero attached hydrogens (tertiary/aromatic N) is 5. The number of para-hydroxylation sites is 1. The summed E-state index contributed by atoms with van der Waals surface area (Å²) in [7, 11) is 0. The lowest BCUT2D eigenvalue weighted by Gasteiger charge is -2.12. The summed E-state index contributed by atoms with van der Waals surface area (Å²) in [5.74, 6) is -6.71. The normalized spacial score (nSPS) is 11.4. The molecular formula is C38H19F4N5. The minimum absolute atomic E-state index is 0.0776. The molecule has 0 aliphatic rings. The van der Waals surface area contributed by atoms with Gasteiger partial charge in [-0.15, -0.1) is 10.2 Å².